The molecule has 0 aromatic heterocycles. The normalized spacial score (nSPS) is 12.8. The molecule has 2 unspecified atom stereocenters. The first-order chi connectivity index (χ1) is 13.9. The van der Waals surface area contributed by atoms with Gasteiger partial charge in [-0.2, -0.15) is 0 Å². The standard InChI is InChI=1S/C23H27NO5/c1-16(2)13-20(25)21(19(22(26)27)14-17-9-5-3-6-10-17)24-23(28)29-15-18-11-7-4-8-12-18/h3-12,16,19,21H,13-15H2,1-2H3,(H,24,28)(H,26,27). The van der Waals surface area contributed by atoms with Crippen LogP contribution in [0.4, 0.5) is 4.79 Å². The maximum Gasteiger partial charge on any atom is 0.408 e. The molecule has 0 bridgehead atoms. The highest BCUT2D eigenvalue weighted by molar-refractivity contribution is 5.92. The molecule has 2 N–H and O–H groups in total. The van der Waals surface area contributed by atoms with Gasteiger partial charge in [0.1, 0.15) is 12.6 Å². The average Bonchev–Trinajstić information content (AvgIpc) is 2.70. The van der Waals surface area contributed by atoms with Crippen molar-refractivity contribution in [2.45, 2.75) is 39.3 Å². The summed E-state index contributed by atoms with van der Waals surface area (Å²) in [4.78, 5) is 37.0. The third kappa shape index (κ3) is 7.41. The van der Waals surface area contributed by atoms with E-state index in [0.717, 1.165) is 11.1 Å². The maximum absolute atomic E-state index is 12.8. The lowest BCUT2D eigenvalue weighted by atomic mass is 9.87. The molecule has 6 nitrogen and oxygen atoms in total. The second-order valence-electron chi connectivity index (χ2n) is 7.38. The number of carbonyl (C=O) groups is 3. The first-order valence-electron chi connectivity index (χ1n) is 9.63. The summed E-state index contributed by atoms with van der Waals surface area (Å²) in [5, 5.41) is 12.3. The SMILES string of the molecule is CC(C)CC(=O)C(NC(=O)OCc1ccccc1)C(Cc1ccccc1)C(=O)O. The summed E-state index contributed by atoms with van der Waals surface area (Å²) in [6.45, 7) is 3.78. The average molecular weight is 397 g/mol. The van der Waals surface area contributed by atoms with E-state index in [1.807, 2.05) is 50.2 Å². The van der Waals surface area contributed by atoms with Crippen molar-refractivity contribution in [3.05, 3.63) is 71.8 Å². The van der Waals surface area contributed by atoms with Gasteiger partial charge in [0.25, 0.3) is 0 Å². The Kier molecular flexibility index (Phi) is 8.40. The van der Waals surface area contributed by atoms with Gasteiger partial charge < -0.3 is 15.2 Å². The van der Waals surface area contributed by atoms with Crippen LogP contribution in [0.1, 0.15) is 31.4 Å². The fourth-order valence-electron chi connectivity index (χ4n) is 3.04. The minimum Gasteiger partial charge on any atom is -0.481 e. The zero-order valence-electron chi connectivity index (χ0n) is 16.7. The fraction of sp³-hybridized carbons (Fsp3) is 0.348. The summed E-state index contributed by atoms with van der Waals surface area (Å²) in [5.41, 5.74) is 1.58. The first kappa shape index (κ1) is 22.1. The lowest BCUT2D eigenvalue weighted by Crippen LogP contribution is -2.49. The molecule has 2 aromatic rings. The van der Waals surface area contributed by atoms with Crippen LogP contribution < -0.4 is 5.32 Å². The molecule has 0 saturated heterocycles. The zero-order valence-corrected chi connectivity index (χ0v) is 16.7. The van der Waals surface area contributed by atoms with E-state index in [2.05, 4.69) is 5.32 Å². The van der Waals surface area contributed by atoms with Gasteiger partial charge in [0.15, 0.2) is 5.78 Å². The molecule has 0 fully saturated rings. The molecular formula is C23H27NO5. The predicted molar refractivity (Wildman–Crippen MR) is 109 cm³/mol. The summed E-state index contributed by atoms with van der Waals surface area (Å²) >= 11 is 0. The fourth-order valence-corrected chi connectivity index (χ4v) is 3.04. The minimum atomic E-state index is -1.17. The van der Waals surface area contributed by atoms with Crippen LogP contribution in [0.5, 0.6) is 0 Å². The van der Waals surface area contributed by atoms with E-state index in [1.54, 1.807) is 24.3 Å². The van der Waals surface area contributed by atoms with Gasteiger partial charge in [0.2, 0.25) is 0 Å². The van der Waals surface area contributed by atoms with E-state index in [0.29, 0.717) is 0 Å². The summed E-state index contributed by atoms with van der Waals surface area (Å²) in [6, 6.07) is 17.0. The molecule has 0 aliphatic carbocycles. The van der Waals surface area contributed by atoms with Gasteiger partial charge in [-0.15, -0.1) is 0 Å². The number of rotatable bonds is 10. The Morgan fingerprint density at radius 2 is 1.48 bits per heavy atom. The monoisotopic (exact) mass is 397 g/mol. The Balaban J connectivity index is 2.14. The quantitative estimate of drug-likeness (QED) is 0.635. The number of carboxylic acids is 1. The van der Waals surface area contributed by atoms with Crippen LogP contribution in [0.25, 0.3) is 0 Å². The molecule has 0 saturated carbocycles. The summed E-state index contributed by atoms with van der Waals surface area (Å²) in [6.07, 6.45) is -0.512. The molecule has 154 valence electrons. The molecule has 0 aliphatic heterocycles. The first-order valence-corrected chi connectivity index (χ1v) is 9.63. The summed E-state index contributed by atoms with van der Waals surface area (Å²) < 4.78 is 5.20. The van der Waals surface area contributed by atoms with E-state index < -0.39 is 24.0 Å². The van der Waals surface area contributed by atoms with Crippen molar-refractivity contribution in [2.75, 3.05) is 0 Å². The second kappa shape index (κ2) is 11.0. The molecule has 0 spiro atoms. The molecule has 0 radical (unpaired) electrons. The Morgan fingerprint density at radius 3 is 2.00 bits per heavy atom. The van der Waals surface area contributed by atoms with Gasteiger partial charge in [0.05, 0.1) is 5.92 Å². The van der Waals surface area contributed by atoms with E-state index in [1.165, 1.54) is 0 Å². The van der Waals surface area contributed by atoms with Crippen LogP contribution in [-0.2, 0) is 27.4 Å². The number of amides is 1. The predicted octanol–water partition coefficient (Wildman–Crippen LogP) is 3.84. The van der Waals surface area contributed by atoms with Crippen LogP contribution >= 0.6 is 0 Å². The van der Waals surface area contributed by atoms with Gasteiger partial charge in [-0.3, -0.25) is 9.59 Å². The van der Waals surface area contributed by atoms with E-state index in [9.17, 15) is 19.5 Å². The van der Waals surface area contributed by atoms with E-state index >= 15 is 0 Å². The zero-order chi connectivity index (χ0) is 21.2. The number of carboxylic acid groups (broad SMARTS) is 1. The largest absolute Gasteiger partial charge is 0.481 e. The maximum atomic E-state index is 12.8. The van der Waals surface area contributed by atoms with Crippen molar-refractivity contribution in [2.24, 2.45) is 11.8 Å². The van der Waals surface area contributed by atoms with Crippen LogP contribution in [0.2, 0.25) is 0 Å². The lowest BCUT2D eigenvalue weighted by Gasteiger charge is -2.24. The Morgan fingerprint density at radius 1 is 0.931 bits per heavy atom. The minimum absolute atomic E-state index is 0.0359. The molecule has 2 atom stereocenters. The van der Waals surface area contributed by atoms with Crippen molar-refractivity contribution < 1.29 is 24.2 Å². The van der Waals surface area contributed by atoms with Crippen molar-refractivity contribution in [1.29, 1.82) is 0 Å². The van der Waals surface area contributed by atoms with Crippen LogP contribution in [0.15, 0.2) is 60.7 Å². The highest BCUT2D eigenvalue weighted by Crippen LogP contribution is 2.17. The molecule has 29 heavy (non-hydrogen) atoms. The van der Waals surface area contributed by atoms with E-state index in [-0.39, 0.29) is 31.1 Å². The van der Waals surface area contributed by atoms with Gasteiger partial charge >= 0.3 is 12.1 Å². The molecule has 0 heterocycles. The molecule has 2 aromatic carbocycles. The highest BCUT2D eigenvalue weighted by atomic mass is 16.5. The number of alkyl carbamates (subject to hydrolysis) is 1. The van der Waals surface area contributed by atoms with Gasteiger partial charge in [-0.25, -0.2) is 4.79 Å². The number of benzene rings is 2. The van der Waals surface area contributed by atoms with E-state index in [4.69, 9.17) is 4.74 Å². The third-order valence-corrected chi connectivity index (χ3v) is 4.46. The number of ether oxygens (including phenoxy) is 1. The molecule has 1 amide bonds. The summed E-state index contributed by atoms with van der Waals surface area (Å²) in [7, 11) is 0. The number of ketones is 1. The number of aliphatic carboxylic acids is 1. The van der Waals surface area contributed by atoms with Crippen LogP contribution in [0, 0.1) is 11.8 Å². The molecular weight excluding hydrogens is 370 g/mol. The van der Waals surface area contributed by atoms with Crippen molar-refractivity contribution >= 4 is 17.8 Å². The molecule has 2 rings (SSSR count). The topological polar surface area (TPSA) is 92.7 Å². The van der Waals surface area contributed by atoms with Crippen molar-refractivity contribution in [3.63, 3.8) is 0 Å². The van der Waals surface area contributed by atoms with Crippen LogP contribution in [0.3, 0.4) is 0 Å². The molecule has 6 heteroatoms. The van der Waals surface area contributed by atoms with Gasteiger partial charge in [0, 0.05) is 6.42 Å². The third-order valence-electron chi connectivity index (χ3n) is 4.46. The number of carbonyl (C=O) groups excluding carboxylic acids is 2. The lowest BCUT2D eigenvalue weighted by molar-refractivity contribution is -0.145. The number of hydrogen-bond acceptors (Lipinski definition) is 4. The Hall–Kier alpha value is -3.15. The highest BCUT2D eigenvalue weighted by Gasteiger charge is 2.35. The number of hydrogen-bond donors (Lipinski definition) is 2. The number of Topliss-reactive ketones (excluding diaryl/α,β-unsaturated/α-hetero) is 1. The number of nitrogens with one attached hydrogen (secondary N) is 1. The summed E-state index contributed by atoms with van der Waals surface area (Å²) in [5.74, 6) is -2.51. The second-order valence-corrected chi connectivity index (χ2v) is 7.38. The van der Waals surface area contributed by atoms with Gasteiger partial charge in [-0.1, -0.05) is 74.5 Å². The Labute approximate surface area is 170 Å². The van der Waals surface area contributed by atoms with Crippen molar-refractivity contribution in [3.8, 4) is 0 Å². The smallest absolute Gasteiger partial charge is 0.408 e. The van der Waals surface area contributed by atoms with Gasteiger partial charge in [-0.05, 0) is 23.5 Å². The Bertz CT molecular complexity index is 805. The van der Waals surface area contributed by atoms with Crippen LogP contribution in [-0.4, -0.2) is 29.0 Å². The van der Waals surface area contributed by atoms with Crippen molar-refractivity contribution in [1.82, 2.24) is 5.32 Å². The molecule has 0 aliphatic rings.